The van der Waals surface area contributed by atoms with E-state index in [1.54, 1.807) is 0 Å². The van der Waals surface area contributed by atoms with Gasteiger partial charge in [0, 0.05) is 0 Å². The standard InChI is InChI=1S/C56H88N4P/c1-5-9-13-17-21-37-49-57(53-41-29-25-30-42-53)61(58(54-43-31-26-32-44-54)50-38-22-18-14-10-6-2,59(55-45-33-27-34-46-55)51-39-23-19-15-11-7-3)60(56-47-35-28-36-48-56)52-40-24-20-16-12-8-4/h25-36,41-48H,5-24,37-40,49-52H2,1-4H3/q+1. The van der Waals surface area contributed by atoms with Gasteiger partial charge in [0.05, 0.1) is 48.9 Å². The van der Waals surface area contributed by atoms with E-state index in [0.717, 1.165) is 26.2 Å². The molecule has 0 aliphatic carbocycles. The largest absolute Gasteiger partial charge is 0.405 e. The van der Waals surface area contributed by atoms with Gasteiger partial charge in [0.1, 0.15) is 0 Å². The monoisotopic (exact) mass is 848 g/mol. The molecule has 0 bridgehead atoms. The Labute approximate surface area is 377 Å². The number of nitrogens with zero attached hydrogens (tertiary/aromatic N) is 4. The summed E-state index contributed by atoms with van der Waals surface area (Å²) < 4.78 is 12.0. The predicted molar refractivity (Wildman–Crippen MR) is 276 cm³/mol. The van der Waals surface area contributed by atoms with Gasteiger partial charge in [-0.3, -0.25) is 0 Å². The maximum absolute atomic E-state index is 2.99. The molecule has 0 aliphatic heterocycles. The van der Waals surface area contributed by atoms with Gasteiger partial charge in [-0.25, -0.2) is 0 Å². The summed E-state index contributed by atoms with van der Waals surface area (Å²) in [4.78, 5) is 0. The zero-order valence-corrected chi connectivity index (χ0v) is 40.5. The van der Waals surface area contributed by atoms with Crippen molar-refractivity contribution < 1.29 is 0 Å². The smallest absolute Gasteiger partial charge is 0.190 e. The van der Waals surface area contributed by atoms with Crippen molar-refractivity contribution in [1.82, 2.24) is 0 Å². The Balaban J connectivity index is 2.07. The third-order valence-corrected chi connectivity index (χ3v) is 16.7. The van der Waals surface area contributed by atoms with Gasteiger partial charge >= 0.3 is 7.87 Å². The minimum absolute atomic E-state index is 1.02. The van der Waals surface area contributed by atoms with Crippen LogP contribution in [0.5, 0.6) is 0 Å². The number of unbranched alkanes of at least 4 members (excludes halogenated alkanes) is 20. The summed E-state index contributed by atoms with van der Waals surface area (Å²) in [5.41, 5.74) is 5.39. The average Bonchev–Trinajstić information content (AvgIpc) is 3.31. The van der Waals surface area contributed by atoms with Gasteiger partial charge in [-0.05, 0) is 74.2 Å². The third-order valence-electron chi connectivity index (χ3n) is 12.4. The lowest BCUT2D eigenvalue weighted by atomic mass is 10.1. The Morgan fingerprint density at radius 3 is 0.623 bits per heavy atom. The van der Waals surface area contributed by atoms with Crippen molar-refractivity contribution >= 4 is 30.6 Å². The van der Waals surface area contributed by atoms with Crippen LogP contribution in [0.3, 0.4) is 0 Å². The Bertz CT molecular complexity index is 1340. The zero-order chi connectivity index (χ0) is 43.1. The minimum atomic E-state index is -2.74. The number of para-hydroxylation sites is 4. The fourth-order valence-electron chi connectivity index (χ4n) is 9.02. The molecule has 4 nitrogen and oxygen atoms in total. The molecule has 61 heavy (non-hydrogen) atoms. The van der Waals surface area contributed by atoms with E-state index in [4.69, 9.17) is 0 Å². The number of hydrogen-bond donors (Lipinski definition) is 0. The number of benzene rings is 4. The Morgan fingerprint density at radius 1 is 0.246 bits per heavy atom. The van der Waals surface area contributed by atoms with Crippen LogP contribution in [-0.2, 0) is 0 Å². The quantitative estimate of drug-likeness (QED) is 0.0334. The van der Waals surface area contributed by atoms with Gasteiger partial charge in [0.25, 0.3) is 0 Å². The fourth-order valence-corrected chi connectivity index (χ4v) is 14.0. The predicted octanol–water partition coefficient (Wildman–Crippen LogP) is 18.1. The van der Waals surface area contributed by atoms with Gasteiger partial charge in [-0.1, -0.05) is 229 Å². The van der Waals surface area contributed by atoms with Gasteiger partial charge < -0.3 is 0 Å². The van der Waals surface area contributed by atoms with E-state index in [-0.39, 0.29) is 0 Å². The second kappa shape index (κ2) is 31.4. The van der Waals surface area contributed by atoms with Crippen molar-refractivity contribution in [3.05, 3.63) is 121 Å². The molecule has 4 rings (SSSR count). The van der Waals surface area contributed by atoms with Gasteiger partial charge in [-0.2, -0.15) is 18.7 Å². The minimum Gasteiger partial charge on any atom is -0.190 e. The lowest BCUT2D eigenvalue weighted by Crippen LogP contribution is -2.55. The summed E-state index contributed by atoms with van der Waals surface area (Å²) >= 11 is 0. The molecule has 0 aromatic heterocycles. The molecule has 0 unspecified atom stereocenters. The summed E-state index contributed by atoms with van der Waals surface area (Å²) in [5.74, 6) is 0. The molecular weight excluding hydrogens is 760 g/mol. The topological polar surface area (TPSA) is 13.0 Å². The van der Waals surface area contributed by atoms with Crippen molar-refractivity contribution in [2.75, 3.05) is 44.9 Å². The molecule has 0 radical (unpaired) electrons. The van der Waals surface area contributed by atoms with Crippen LogP contribution in [-0.4, -0.2) is 26.2 Å². The van der Waals surface area contributed by atoms with Crippen LogP contribution in [0.15, 0.2) is 121 Å². The van der Waals surface area contributed by atoms with Crippen molar-refractivity contribution in [3.8, 4) is 0 Å². The van der Waals surface area contributed by atoms with Crippen LogP contribution >= 0.6 is 7.87 Å². The van der Waals surface area contributed by atoms with Crippen LogP contribution in [0.25, 0.3) is 0 Å². The molecular formula is C56H88N4P+. The lowest BCUT2D eigenvalue weighted by molar-refractivity contribution is 0.600. The van der Waals surface area contributed by atoms with Crippen molar-refractivity contribution in [1.29, 1.82) is 0 Å². The Kier molecular flexibility index (Phi) is 25.8. The SMILES string of the molecule is CCCCCCCCN(c1ccccc1)[P+](N(CCCCCCCC)c1ccccc1)(N(CCCCCCCC)c1ccccc1)N(CCCCCCCC)c1ccccc1. The molecule has 0 heterocycles. The molecule has 0 N–H and O–H groups in total. The molecule has 0 spiro atoms. The molecule has 336 valence electrons. The molecule has 0 saturated carbocycles. The summed E-state index contributed by atoms with van der Waals surface area (Å²) in [7, 11) is -2.74. The van der Waals surface area contributed by atoms with Crippen LogP contribution < -0.4 is 18.7 Å². The van der Waals surface area contributed by atoms with Crippen molar-refractivity contribution in [2.45, 2.75) is 182 Å². The first-order chi connectivity index (χ1) is 30.2. The molecule has 0 aliphatic rings. The lowest BCUT2D eigenvalue weighted by Gasteiger charge is -2.53. The van der Waals surface area contributed by atoms with Crippen molar-refractivity contribution in [2.24, 2.45) is 0 Å². The van der Waals surface area contributed by atoms with E-state index < -0.39 is 7.87 Å². The highest BCUT2D eigenvalue weighted by molar-refractivity contribution is 7.81. The number of anilines is 4. The number of hydrogen-bond acceptors (Lipinski definition) is 4. The van der Waals surface area contributed by atoms with E-state index in [1.807, 2.05) is 0 Å². The first kappa shape index (κ1) is 50.2. The van der Waals surface area contributed by atoms with Crippen LogP contribution in [0, 0.1) is 0 Å². The summed E-state index contributed by atoms with van der Waals surface area (Å²) in [5, 5.41) is 0. The molecule has 5 heteroatoms. The van der Waals surface area contributed by atoms with E-state index in [2.05, 4.69) is 168 Å². The molecule has 0 saturated heterocycles. The molecule has 0 amide bonds. The van der Waals surface area contributed by atoms with E-state index in [1.165, 1.54) is 177 Å². The average molecular weight is 848 g/mol. The first-order valence-electron chi connectivity index (χ1n) is 25.4. The van der Waals surface area contributed by atoms with Gasteiger partial charge in [-0.15, -0.1) is 0 Å². The maximum Gasteiger partial charge on any atom is 0.405 e. The van der Waals surface area contributed by atoms with E-state index in [9.17, 15) is 0 Å². The highest BCUT2D eigenvalue weighted by Gasteiger charge is 2.63. The second-order valence-electron chi connectivity index (χ2n) is 17.4. The normalized spacial score (nSPS) is 11.5. The molecule has 0 atom stereocenters. The third kappa shape index (κ3) is 16.6. The second-order valence-corrected chi connectivity index (χ2v) is 20.4. The summed E-state index contributed by atoms with van der Waals surface area (Å²) in [6.45, 7) is 13.4. The van der Waals surface area contributed by atoms with Crippen LogP contribution in [0.1, 0.15) is 182 Å². The molecule has 4 aromatic rings. The number of rotatable bonds is 36. The fraction of sp³-hybridized carbons (Fsp3) is 0.571. The van der Waals surface area contributed by atoms with Crippen LogP contribution in [0.4, 0.5) is 22.7 Å². The molecule has 0 fully saturated rings. The summed E-state index contributed by atoms with van der Waals surface area (Å²) in [6.07, 6.45) is 30.8. The Hall–Kier alpha value is -3.49. The molecule has 4 aromatic carbocycles. The van der Waals surface area contributed by atoms with Crippen molar-refractivity contribution in [3.63, 3.8) is 0 Å². The highest BCUT2D eigenvalue weighted by atomic mass is 31.2. The zero-order valence-electron chi connectivity index (χ0n) is 39.6. The maximum atomic E-state index is 2.99. The van der Waals surface area contributed by atoms with Gasteiger partial charge in [0.2, 0.25) is 0 Å². The van der Waals surface area contributed by atoms with E-state index in [0.29, 0.717) is 0 Å². The summed E-state index contributed by atoms with van der Waals surface area (Å²) in [6, 6.07) is 46.7. The van der Waals surface area contributed by atoms with E-state index >= 15 is 0 Å². The van der Waals surface area contributed by atoms with Gasteiger partial charge in [0.15, 0.2) is 0 Å². The Morgan fingerprint density at radius 2 is 0.426 bits per heavy atom. The first-order valence-corrected chi connectivity index (χ1v) is 27.0. The van der Waals surface area contributed by atoms with Crippen LogP contribution in [0.2, 0.25) is 0 Å². The highest BCUT2D eigenvalue weighted by Crippen LogP contribution is 2.73.